The molecule has 5 nitrogen and oxygen atoms in total. The quantitative estimate of drug-likeness (QED) is 0.262. The first-order chi connectivity index (χ1) is 17.0. The number of nitrogens with zero attached hydrogens (tertiary/aromatic N) is 2. The van der Waals surface area contributed by atoms with E-state index in [4.69, 9.17) is 16.3 Å². The summed E-state index contributed by atoms with van der Waals surface area (Å²) < 4.78 is 7.92. The number of rotatable bonds is 7. The second kappa shape index (κ2) is 10.0. The van der Waals surface area contributed by atoms with Gasteiger partial charge in [0, 0.05) is 28.7 Å². The van der Waals surface area contributed by atoms with Crippen LogP contribution in [-0.2, 0) is 11.3 Å². The molecule has 2 heterocycles. The van der Waals surface area contributed by atoms with E-state index in [2.05, 4.69) is 35.8 Å². The van der Waals surface area contributed by atoms with Crippen molar-refractivity contribution in [2.75, 3.05) is 13.2 Å². The van der Waals surface area contributed by atoms with Gasteiger partial charge in [-0.25, -0.2) is 0 Å². The van der Waals surface area contributed by atoms with E-state index in [1.54, 1.807) is 12.1 Å². The van der Waals surface area contributed by atoms with E-state index in [1.807, 2.05) is 48.5 Å². The Labute approximate surface area is 212 Å². The van der Waals surface area contributed by atoms with Gasteiger partial charge in [-0.1, -0.05) is 72.3 Å². The van der Waals surface area contributed by atoms with Crippen LogP contribution in [0, 0.1) is 6.92 Å². The fourth-order valence-corrected chi connectivity index (χ4v) is 5.28. The Kier molecular flexibility index (Phi) is 6.66. The molecule has 1 saturated heterocycles. The number of imide groups is 1. The van der Waals surface area contributed by atoms with E-state index in [0.29, 0.717) is 15.7 Å². The van der Waals surface area contributed by atoms with Crippen molar-refractivity contribution in [3.63, 3.8) is 0 Å². The zero-order valence-electron chi connectivity index (χ0n) is 19.1. The predicted molar refractivity (Wildman–Crippen MR) is 142 cm³/mol. The van der Waals surface area contributed by atoms with Crippen molar-refractivity contribution in [3.05, 3.63) is 106 Å². The van der Waals surface area contributed by atoms with Crippen LogP contribution in [0.2, 0.25) is 5.02 Å². The molecule has 1 aliphatic rings. The van der Waals surface area contributed by atoms with Crippen molar-refractivity contribution in [2.45, 2.75) is 13.5 Å². The van der Waals surface area contributed by atoms with Crippen LogP contribution in [-0.4, -0.2) is 33.8 Å². The molecule has 0 N–H and O–H groups in total. The number of hydrogen-bond donors (Lipinski definition) is 0. The van der Waals surface area contributed by atoms with Gasteiger partial charge in [0.1, 0.15) is 12.4 Å². The standard InChI is InChI=1S/C28H23ClN2O3S/c1-19-22(21-11-5-7-13-24(21)31(19)18-20-9-3-2-4-10-20)17-26-27(32)30(28(33)35-26)15-16-34-25-14-8-6-12-23(25)29/h2-14,17H,15-16,18H2,1H3/b26-17-. The van der Waals surface area contributed by atoms with Gasteiger partial charge in [-0.2, -0.15) is 0 Å². The summed E-state index contributed by atoms with van der Waals surface area (Å²) >= 11 is 7.08. The second-order valence-corrected chi connectivity index (χ2v) is 9.60. The van der Waals surface area contributed by atoms with E-state index in [-0.39, 0.29) is 24.3 Å². The maximum atomic E-state index is 13.1. The maximum absolute atomic E-state index is 13.1. The van der Waals surface area contributed by atoms with Crippen molar-refractivity contribution in [2.24, 2.45) is 0 Å². The van der Waals surface area contributed by atoms with Crippen LogP contribution in [0.3, 0.4) is 0 Å². The normalized spacial score (nSPS) is 14.9. The lowest BCUT2D eigenvalue weighted by Gasteiger charge is -2.13. The van der Waals surface area contributed by atoms with Crippen LogP contribution in [0.4, 0.5) is 4.79 Å². The SMILES string of the molecule is Cc1c(/C=C2\SC(=O)N(CCOc3ccccc3Cl)C2=O)c2ccccc2n1Cc1ccccc1. The van der Waals surface area contributed by atoms with Crippen molar-refractivity contribution in [3.8, 4) is 5.75 Å². The molecule has 0 radical (unpaired) electrons. The fraction of sp³-hybridized carbons (Fsp3) is 0.143. The third kappa shape index (κ3) is 4.72. The molecule has 2 amide bonds. The highest BCUT2D eigenvalue weighted by molar-refractivity contribution is 8.18. The monoisotopic (exact) mass is 502 g/mol. The number of thioether (sulfide) groups is 1. The Morgan fingerprint density at radius 3 is 2.46 bits per heavy atom. The summed E-state index contributed by atoms with van der Waals surface area (Å²) in [4.78, 5) is 27.4. The molecule has 7 heteroatoms. The van der Waals surface area contributed by atoms with E-state index >= 15 is 0 Å². The van der Waals surface area contributed by atoms with Gasteiger partial charge in [-0.3, -0.25) is 14.5 Å². The topological polar surface area (TPSA) is 51.5 Å². The lowest BCUT2D eigenvalue weighted by molar-refractivity contribution is -0.123. The molecule has 5 rings (SSSR count). The summed E-state index contributed by atoms with van der Waals surface area (Å²) in [6.45, 7) is 3.10. The molecule has 0 unspecified atom stereocenters. The molecule has 3 aromatic carbocycles. The second-order valence-electron chi connectivity index (χ2n) is 8.20. The Balaban J connectivity index is 1.39. The van der Waals surface area contributed by atoms with Gasteiger partial charge in [0.25, 0.3) is 11.1 Å². The van der Waals surface area contributed by atoms with Crippen LogP contribution in [0.1, 0.15) is 16.8 Å². The Morgan fingerprint density at radius 1 is 0.943 bits per heavy atom. The zero-order chi connectivity index (χ0) is 24.4. The van der Waals surface area contributed by atoms with Gasteiger partial charge in [0.05, 0.1) is 16.5 Å². The lowest BCUT2D eigenvalue weighted by Crippen LogP contribution is -2.32. The van der Waals surface area contributed by atoms with Gasteiger partial charge in [0.2, 0.25) is 0 Å². The van der Waals surface area contributed by atoms with Gasteiger partial charge in [-0.15, -0.1) is 0 Å². The predicted octanol–water partition coefficient (Wildman–Crippen LogP) is 6.77. The number of amides is 2. The largest absolute Gasteiger partial charge is 0.490 e. The molecular weight excluding hydrogens is 480 g/mol. The molecule has 0 aliphatic carbocycles. The van der Waals surface area contributed by atoms with Crippen LogP contribution in [0.15, 0.2) is 83.8 Å². The average molecular weight is 503 g/mol. The molecule has 1 aromatic heterocycles. The van der Waals surface area contributed by atoms with Crippen molar-refractivity contribution < 1.29 is 14.3 Å². The molecular formula is C28H23ClN2O3S. The van der Waals surface area contributed by atoms with Gasteiger partial charge < -0.3 is 9.30 Å². The summed E-state index contributed by atoms with van der Waals surface area (Å²) in [5, 5.41) is 1.24. The Bertz CT molecular complexity index is 1450. The van der Waals surface area contributed by atoms with Crippen molar-refractivity contribution in [1.29, 1.82) is 0 Å². The third-order valence-corrected chi connectivity index (χ3v) is 7.24. The summed E-state index contributed by atoms with van der Waals surface area (Å²) in [6, 6.07) is 25.5. The van der Waals surface area contributed by atoms with E-state index in [9.17, 15) is 9.59 Å². The molecule has 176 valence electrons. The smallest absolute Gasteiger partial charge is 0.293 e. The number of fused-ring (bicyclic) bond motifs is 1. The third-order valence-electron chi connectivity index (χ3n) is 6.02. The summed E-state index contributed by atoms with van der Waals surface area (Å²) in [6.07, 6.45) is 1.85. The molecule has 0 atom stereocenters. The molecule has 1 aliphatic heterocycles. The summed E-state index contributed by atoms with van der Waals surface area (Å²) in [5.41, 5.74) is 4.28. The number of ether oxygens (including phenoxy) is 1. The number of carbonyl (C=O) groups is 2. The van der Waals surface area contributed by atoms with Crippen LogP contribution in [0.5, 0.6) is 5.75 Å². The highest BCUT2D eigenvalue weighted by Crippen LogP contribution is 2.36. The van der Waals surface area contributed by atoms with Crippen LogP contribution >= 0.6 is 23.4 Å². The van der Waals surface area contributed by atoms with Crippen LogP contribution in [0.25, 0.3) is 17.0 Å². The molecule has 35 heavy (non-hydrogen) atoms. The number of benzene rings is 3. The summed E-state index contributed by atoms with van der Waals surface area (Å²) in [7, 11) is 0. The fourth-order valence-electron chi connectivity index (χ4n) is 4.24. The van der Waals surface area contributed by atoms with Gasteiger partial charge in [-0.05, 0) is 48.5 Å². The first-order valence-corrected chi connectivity index (χ1v) is 12.5. The zero-order valence-corrected chi connectivity index (χ0v) is 20.7. The minimum absolute atomic E-state index is 0.155. The molecule has 0 spiro atoms. The lowest BCUT2D eigenvalue weighted by atomic mass is 10.1. The van der Waals surface area contributed by atoms with E-state index < -0.39 is 0 Å². The number of aromatic nitrogens is 1. The van der Waals surface area contributed by atoms with Crippen molar-refractivity contribution >= 4 is 51.5 Å². The number of para-hydroxylation sites is 2. The van der Waals surface area contributed by atoms with Crippen molar-refractivity contribution in [1.82, 2.24) is 9.47 Å². The highest BCUT2D eigenvalue weighted by atomic mass is 35.5. The van der Waals surface area contributed by atoms with Gasteiger partial charge >= 0.3 is 0 Å². The molecule has 0 bridgehead atoms. The molecule has 4 aromatic rings. The maximum Gasteiger partial charge on any atom is 0.293 e. The first-order valence-electron chi connectivity index (χ1n) is 11.3. The van der Waals surface area contributed by atoms with Crippen LogP contribution < -0.4 is 4.74 Å². The first kappa shape index (κ1) is 23.3. The number of halogens is 1. The summed E-state index contributed by atoms with van der Waals surface area (Å²) in [5.74, 6) is 0.223. The number of hydrogen-bond acceptors (Lipinski definition) is 4. The number of carbonyl (C=O) groups excluding carboxylic acids is 2. The minimum atomic E-state index is -0.304. The highest BCUT2D eigenvalue weighted by Gasteiger charge is 2.35. The Hall–Kier alpha value is -3.48. The van der Waals surface area contributed by atoms with Gasteiger partial charge in [0.15, 0.2) is 0 Å². The molecule has 0 saturated carbocycles. The van der Waals surface area contributed by atoms with E-state index in [1.165, 1.54) is 10.5 Å². The van der Waals surface area contributed by atoms with E-state index in [0.717, 1.165) is 40.5 Å². The minimum Gasteiger partial charge on any atom is -0.490 e. The molecule has 1 fully saturated rings. The average Bonchev–Trinajstić information content (AvgIpc) is 3.29. The Morgan fingerprint density at radius 2 is 1.66 bits per heavy atom.